The van der Waals surface area contributed by atoms with Crippen molar-refractivity contribution < 1.29 is 14.6 Å². The Labute approximate surface area is 59.9 Å². The van der Waals surface area contributed by atoms with Gasteiger partial charge in [-0.1, -0.05) is 0 Å². The van der Waals surface area contributed by atoms with Gasteiger partial charge in [-0.15, -0.1) is 0 Å². The molecule has 3 nitrogen and oxygen atoms in total. The zero-order chi connectivity index (χ0) is 7.14. The molecule has 3 heteroatoms. The van der Waals surface area contributed by atoms with Gasteiger partial charge < -0.3 is 14.6 Å². The Bertz CT molecular complexity index is 121. The van der Waals surface area contributed by atoms with Gasteiger partial charge in [0.15, 0.2) is 6.29 Å². The van der Waals surface area contributed by atoms with E-state index in [0.717, 1.165) is 12.8 Å². The van der Waals surface area contributed by atoms with Gasteiger partial charge in [-0.05, 0) is 19.8 Å². The van der Waals surface area contributed by atoms with Gasteiger partial charge in [0.25, 0.3) is 0 Å². The summed E-state index contributed by atoms with van der Waals surface area (Å²) in [5, 5.41) is 8.87. The van der Waals surface area contributed by atoms with Crippen LogP contribution in [0.25, 0.3) is 0 Å². The monoisotopic (exact) mass is 144 g/mol. The topological polar surface area (TPSA) is 38.7 Å². The second-order valence-corrected chi connectivity index (χ2v) is 2.99. The molecule has 2 heterocycles. The maximum atomic E-state index is 8.87. The van der Waals surface area contributed by atoms with Crippen LogP contribution in [0.5, 0.6) is 0 Å². The molecule has 1 N–H and O–H groups in total. The first-order chi connectivity index (χ1) is 4.77. The molecule has 58 valence electrons. The van der Waals surface area contributed by atoms with E-state index in [1.165, 1.54) is 0 Å². The summed E-state index contributed by atoms with van der Waals surface area (Å²) in [5.74, 6) is 0. The maximum Gasteiger partial charge on any atom is 0.152 e. The van der Waals surface area contributed by atoms with Crippen molar-refractivity contribution in [2.24, 2.45) is 0 Å². The molecule has 0 aromatic rings. The minimum atomic E-state index is -0.642. The van der Waals surface area contributed by atoms with Gasteiger partial charge in [0.2, 0.25) is 0 Å². The fourth-order valence-electron chi connectivity index (χ4n) is 1.73. The normalized spacial score (nSPS) is 46.8. The zero-order valence-corrected chi connectivity index (χ0v) is 5.99. The van der Waals surface area contributed by atoms with Gasteiger partial charge in [0.05, 0.1) is 12.2 Å². The van der Waals surface area contributed by atoms with Crippen LogP contribution in [0.1, 0.15) is 19.8 Å². The van der Waals surface area contributed by atoms with Crippen molar-refractivity contribution in [1.29, 1.82) is 0 Å². The molecule has 0 aromatic carbocycles. The van der Waals surface area contributed by atoms with Crippen molar-refractivity contribution >= 4 is 0 Å². The van der Waals surface area contributed by atoms with E-state index >= 15 is 0 Å². The summed E-state index contributed by atoms with van der Waals surface area (Å²) in [7, 11) is 0. The molecule has 0 spiro atoms. The summed E-state index contributed by atoms with van der Waals surface area (Å²) in [4.78, 5) is 0. The molecule has 1 saturated carbocycles. The fourth-order valence-corrected chi connectivity index (χ4v) is 1.73. The lowest BCUT2D eigenvalue weighted by molar-refractivity contribution is -0.250. The van der Waals surface area contributed by atoms with Crippen LogP contribution in [-0.4, -0.2) is 29.7 Å². The number of ether oxygens (including phenoxy) is 2. The molecule has 3 aliphatic rings. The first-order valence-electron chi connectivity index (χ1n) is 3.76. The lowest BCUT2D eigenvalue weighted by Crippen LogP contribution is -2.48. The van der Waals surface area contributed by atoms with Crippen molar-refractivity contribution in [3.8, 4) is 0 Å². The zero-order valence-electron chi connectivity index (χ0n) is 5.99. The molecule has 10 heavy (non-hydrogen) atoms. The van der Waals surface area contributed by atoms with E-state index in [4.69, 9.17) is 14.6 Å². The van der Waals surface area contributed by atoms with Crippen LogP contribution >= 0.6 is 0 Å². The lowest BCUT2D eigenvalue weighted by Gasteiger charge is -2.36. The molecule has 1 aliphatic carbocycles. The van der Waals surface area contributed by atoms with E-state index in [0.29, 0.717) is 0 Å². The number of aliphatic hydroxyl groups is 1. The van der Waals surface area contributed by atoms with Crippen LogP contribution in [0.3, 0.4) is 0 Å². The second-order valence-electron chi connectivity index (χ2n) is 2.99. The van der Waals surface area contributed by atoms with Crippen molar-refractivity contribution in [2.75, 3.05) is 0 Å². The molecule has 0 radical (unpaired) electrons. The summed E-state index contributed by atoms with van der Waals surface area (Å²) < 4.78 is 10.5. The molecule has 0 amide bonds. The average Bonchev–Trinajstić information content (AvgIpc) is 2.39. The Kier molecular flexibility index (Phi) is 1.44. The lowest BCUT2D eigenvalue weighted by atomic mass is 10.1. The van der Waals surface area contributed by atoms with Crippen LogP contribution in [-0.2, 0) is 9.47 Å². The van der Waals surface area contributed by atoms with E-state index in [-0.39, 0.29) is 18.3 Å². The molecule has 3 unspecified atom stereocenters. The standard InChI is InChI=1S/C7H12O3/c1-4(8)9-7-5-2-3-6(7)10-5/h4-8H,2-3H2,1H3. The van der Waals surface area contributed by atoms with Gasteiger partial charge >= 0.3 is 0 Å². The highest BCUT2D eigenvalue weighted by Crippen LogP contribution is 2.39. The van der Waals surface area contributed by atoms with Gasteiger partial charge in [-0.2, -0.15) is 0 Å². The van der Waals surface area contributed by atoms with Crippen molar-refractivity contribution in [1.82, 2.24) is 0 Å². The third-order valence-electron chi connectivity index (χ3n) is 2.17. The summed E-state index contributed by atoms with van der Waals surface area (Å²) >= 11 is 0. The number of rotatable bonds is 2. The number of fused-ring (bicyclic) bond motifs is 1. The number of aliphatic hydroxyl groups excluding tert-OH is 1. The molecule has 2 bridgehead atoms. The SMILES string of the molecule is CC(O)OC1C2CCC1O2. The van der Waals surface area contributed by atoms with Gasteiger partial charge in [0.1, 0.15) is 6.10 Å². The molecule has 2 saturated heterocycles. The summed E-state index contributed by atoms with van der Waals surface area (Å²) in [6.07, 6.45) is 2.29. The van der Waals surface area contributed by atoms with Gasteiger partial charge in [-0.3, -0.25) is 0 Å². The van der Waals surface area contributed by atoms with Gasteiger partial charge in [0, 0.05) is 0 Å². The van der Waals surface area contributed by atoms with E-state index in [2.05, 4.69) is 0 Å². The van der Waals surface area contributed by atoms with Crippen molar-refractivity contribution in [2.45, 2.75) is 44.4 Å². The van der Waals surface area contributed by atoms with Crippen LogP contribution in [0.2, 0.25) is 0 Å². The molecule has 0 aromatic heterocycles. The third kappa shape index (κ3) is 0.856. The second kappa shape index (κ2) is 2.19. The first kappa shape index (κ1) is 6.58. The van der Waals surface area contributed by atoms with Crippen LogP contribution in [0, 0.1) is 0 Å². The summed E-state index contributed by atoms with van der Waals surface area (Å²) in [6, 6.07) is 0. The van der Waals surface area contributed by atoms with E-state index in [9.17, 15) is 0 Å². The van der Waals surface area contributed by atoms with Crippen molar-refractivity contribution in [3.05, 3.63) is 0 Å². The average molecular weight is 144 g/mol. The quantitative estimate of drug-likeness (QED) is 0.565. The molecule has 3 rings (SSSR count). The Morgan fingerprint density at radius 3 is 2.50 bits per heavy atom. The number of hydrogen-bond acceptors (Lipinski definition) is 3. The molecule has 2 aliphatic heterocycles. The molecule has 3 fully saturated rings. The molecular formula is C7H12O3. The highest BCUT2D eigenvalue weighted by molar-refractivity contribution is 4.97. The predicted octanol–water partition coefficient (Wildman–Crippen LogP) is 0.271. The molecular weight excluding hydrogens is 132 g/mol. The van der Waals surface area contributed by atoms with Crippen LogP contribution < -0.4 is 0 Å². The molecule has 3 atom stereocenters. The number of hydrogen-bond donors (Lipinski definition) is 1. The van der Waals surface area contributed by atoms with Crippen LogP contribution in [0.15, 0.2) is 0 Å². The Morgan fingerprint density at radius 2 is 2.10 bits per heavy atom. The highest BCUT2D eigenvalue weighted by Gasteiger charge is 2.49. The Balaban J connectivity index is 1.85. The largest absolute Gasteiger partial charge is 0.369 e. The Hall–Kier alpha value is -0.120. The maximum absolute atomic E-state index is 8.87. The summed E-state index contributed by atoms with van der Waals surface area (Å²) in [5.41, 5.74) is 0. The van der Waals surface area contributed by atoms with E-state index < -0.39 is 6.29 Å². The van der Waals surface area contributed by atoms with Crippen LogP contribution in [0.4, 0.5) is 0 Å². The fraction of sp³-hybridized carbons (Fsp3) is 1.00. The van der Waals surface area contributed by atoms with Gasteiger partial charge in [-0.25, -0.2) is 0 Å². The predicted molar refractivity (Wildman–Crippen MR) is 34.4 cm³/mol. The summed E-state index contributed by atoms with van der Waals surface area (Å²) in [6.45, 7) is 1.64. The Morgan fingerprint density at radius 1 is 1.50 bits per heavy atom. The highest BCUT2D eigenvalue weighted by atomic mass is 16.7. The third-order valence-corrected chi connectivity index (χ3v) is 2.17. The van der Waals surface area contributed by atoms with E-state index in [1.54, 1.807) is 6.92 Å². The van der Waals surface area contributed by atoms with Crippen molar-refractivity contribution in [3.63, 3.8) is 0 Å². The first-order valence-corrected chi connectivity index (χ1v) is 3.76. The minimum Gasteiger partial charge on any atom is -0.369 e. The van der Waals surface area contributed by atoms with E-state index in [1.807, 2.05) is 0 Å². The smallest absolute Gasteiger partial charge is 0.152 e. The minimum absolute atomic E-state index is 0.181.